The molecule has 0 fully saturated rings. The third-order valence-electron chi connectivity index (χ3n) is 17.6. The lowest BCUT2D eigenvalue weighted by Gasteiger charge is -2.13. The van der Waals surface area contributed by atoms with Crippen LogP contribution in [0.3, 0.4) is 0 Å². The Balaban J connectivity index is 0.958. The number of hydrogen-bond donors (Lipinski definition) is 0. The van der Waals surface area contributed by atoms with Gasteiger partial charge in [-0.05, 0) is 66.2 Å². The monoisotopic (exact) mass is 963 g/mol. The van der Waals surface area contributed by atoms with Crippen LogP contribution in [0.5, 0.6) is 0 Å². The lowest BCUT2D eigenvalue weighted by molar-refractivity contribution is 1.17. The molecule has 0 N–H and O–H groups in total. The Kier molecular flexibility index (Phi) is 6.57. The average molecular weight is 964 g/mol. The van der Waals surface area contributed by atoms with E-state index in [1.165, 1.54) is 131 Å². The Labute approximate surface area is 429 Å². The van der Waals surface area contributed by atoms with Crippen LogP contribution >= 0.6 is 0 Å². The van der Waals surface area contributed by atoms with Crippen LogP contribution in [0.15, 0.2) is 224 Å². The fourth-order valence-electron chi connectivity index (χ4n) is 14.8. The van der Waals surface area contributed by atoms with E-state index in [1.54, 1.807) is 0 Å². The number of fused-ring (bicyclic) bond motifs is 25. The van der Waals surface area contributed by atoms with Crippen molar-refractivity contribution in [1.29, 1.82) is 0 Å². The Morgan fingerprint density at radius 2 is 0.724 bits per heavy atom. The molecule has 0 aliphatic carbocycles. The Morgan fingerprint density at radius 1 is 0.263 bits per heavy atom. The van der Waals surface area contributed by atoms with E-state index in [2.05, 4.69) is 251 Å². The van der Waals surface area contributed by atoms with Gasteiger partial charge in [0.2, 0.25) is 5.78 Å². The molecule has 7 heteroatoms. The lowest BCUT2D eigenvalue weighted by Crippen LogP contribution is -1.97. The van der Waals surface area contributed by atoms with Crippen LogP contribution in [0.2, 0.25) is 0 Å². The zero-order valence-electron chi connectivity index (χ0n) is 40.5. The van der Waals surface area contributed by atoms with Crippen LogP contribution in [0.4, 0.5) is 0 Å². The lowest BCUT2D eigenvalue weighted by atomic mass is 9.97. The number of rotatable bonds is 3. The predicted molar refractivity (Wildman–Crippen MR) is 316 cm³/mol. The summed E-state index contributed by atoms with van der Waals surface area (Å²) >= 11 is 0. The van der Waals surface area contributed by atoms with Gasteiger partial charge in [-0.3, -0.25) is 17.6 Å². The van der Waals surface area contributed by atoms with E-state index >= 15 is 0 Å². The summed E-state index contributed by atoms with van der Waals surface area (Å²) in [6.07, 6.45) is 0. The fraction of sp³-hybridized carbons (Fsp3) is 0. The first-order chi connectivity index (χ1) is 37.8. The molecular formula is C69H37N7. The van der Waals surface area contributed by atoms with Crippen molar-refractivity contribution in [3.8, 4) is 22.5 Å². The summed E-state index contributed by atoms with van der Waals surface area (Å²) in [6, 6.07) is 83.4. The van der Waals surface area contributed by atoms with Gasteiger partial charge in [0.25, 0.3) is 0 Å². The maximum absolute atomic E-state index is 5.81. The van der Waals surface area contributed by atoms with Crippen LogP contribution in [-0.2, 0) is 0 Å². The molecule has 20 rings (SSSR count). The highest BCUT2D eigenvalue weighted by atomic mass is 15.2. The summed E-state index contributed by atoms with van der Waals surface area (Å²) < 4.78 is 15.0. The topological polar surface area (TPSA) is 40.4 Å². The average Bonchev–Trinajstić information content (AvgIpc) is 4.37. The largest absolute Gasteiger partial charge is 0.309 e. The minimum absolute atomic E-state index is 0.919. The molecule has 0 amide bonds. The maximum Gasteiger partial charge on any atom is 0.220 e. The molecule has 9 aromatic heterocycles. The molecule has 0 spiro atoms. The zero-order chi connectivity index (χ0) is 48.8. The summed E-state index contributed by atoms with van der Waals surface area (Å²) in [5.74, 6) is 0.919. The van der Waals surface area contributed by atoms with Crippen LogP contribution in [-0.4, -0.2) is 31.7 Å². The van der Waals surface area contributed by atoms with Gasteiger partial charge >= 0.3 is 0 Å². The van der Waals surface area contributed by atoms with Gasteiger partial charge in [-0.1, -0.05) is 164 Å². The molecule has 0 aliphatic rings. The molecule has 20 aromatic rings. The minimum Gasteiger partial charge on any atom is -0.309 e. The fourth-order valence-corrected chi connectivity index (χ4v) is 14.8. The van der Waals surface area contributed by atoms with Gasteiger partial charge in [0.15, 0.2) is 0 Å². The van der Waals surface area contributed by atoms with Crippen molar-refractivity contribution in [2.24, 2.45) is 0 Å². The van der Waals surface area contributed by atoms with Crippen molar-refractivity contribution in [2.45, 2.75) is 0 Å². The highest BCUT2D eigenvalue weighted by Crippen LogP contribution is 2.51. The van der Waals surface area contributed by atoms with Gasteiger partial charge in [-0.2, -0.15) is 0 Å². The normalized spacial score (nSPS) is 13.0. The molecule has 0 saturated carbocycles. The molecule has 76 heavy (non-hydrogen) atoms. The molecule has 0 atom stereocenters. The van der Waals surface area contributed by atoms with Crippen LogP contribution in [0.1, 0.15) is 0 Å². The molecule has 11 aromatic carbocycles. The summed E-state index contributed by atoms with van der Waals surface area (Å²) in [7, 11) is 0. The van der Waals surface area contributed by atoms with Gasteiger partial charge < -0.3 is 9.13 Å². The molecule has 9 heterocycles. The van der Waals surface area contributed by atoms with Gasteiger partial charge in [-0.15, -0.1) is 0 Å². The summed E-state index contributed by atoms with van der Waals surface area (Å²) in [6.45, 7) is 0. The van der Waals surface area contributed by atoms with Crippen LogP contribution < -0.4 is 0 Å². The van der Waals surface area contributed by atoms with Crippen molar-refractivity contribution >= 4 is 153 Å². The maximum atomic E-state index is 5.81. The number of para-hydroxylation sites is 9. The van der Waals surface area contributed by atoms with Gasteiger partial charge in [-0.25, -0.2) is 4.98 Å². The highest BCUT2D eigenvalue weighted by molar-refractivity contribution is 6.35. The van der Waals surface area contributed by atoms with Crippen molar-refractivity contribution in [2.75, 3.05) is 0 Å². The smallest absolute Gasteiger partial charge is 0.220 e. The molecule has 7 nitrogen and oxygen atoms in total. The Bertz CT molecular complexity index is 5860. The summed E-state index contributed by atoms with van der Waals surface area (Å²) in [4.78, 5) is 5.81. The van der Waals surface area contributed by atoms with E-state index in [-0.39, 0.29) is 0 Å². The third-order valence-corrected chi connectivity index (χ3v) is 17.6. The van der Waals surface area contributed by atoms with E-state index in [9.17, 15) is 0 Å². The second-order valence-electron chi connectivity index (χ2n) is 21.0. The molecule has 0 bridgehead atoms. The summed E-state index contributed by atoms with van der Waals surface area (Å²) in [5, 5.41) is 16.3. The second kappa shape index (κ2) is 13.0. The molecule has 0 unspecified atom stereocenters. The SMILES string of the molecule is c1ccc2c(c1)c1ccccc1n2-c1cc(-c2cccc3c2c2cccc4c5c6cccc7c8cccc(-n9c%10ccccc%10c%10ccccc%109)c8n(c76)c5n3c24)c2nc3n(c2c1)c1cccc2c4ccccc4n3c21. The van der Waals surface area contributed by atoms with Crippen molar-refractivity contribution < 1.29 is 0 Å². The predicted octanol–water partition coefficient (Wildman–Crippen LogP) is 17.5. The quantitative estimate of drug-likeness (QED) is 0.174. The molecular weight excluding hydrogens is 927 g/mol. The third kappa shape index (κ3) is 4.24. The number of benzene rings is 11. The van der Waals surface area contributed by atoms with Gasteiger partial charge in [0.1, 0.15) is 5.65 Å². The molecule has 0 saturated heterocycles. The summed E-state index contributed by atoms with van der Waals surface area (Å²) in [5.41, 5.74) is 20.9. The van der Waals surface area contributed by atoms with E-state index < -0.39 is 0 Å². The number of hydrogen-bond acceptors (Lipinski definition) is 1. The number of imidazole rings is 2. The Hall–Kier alpha value is -10.4. The molecule has 0 radical (unpaired) electrons. The Morgan fingerprint density at radius 3 is 1.38 bits per heavy atom. The van der Waals surface area contributed by atoms with Crippen molar-refractivity contribution in [3.63, 3.8) is 0 Å². The van der Waals surface area contributed by atoms with Crippen LogP contribution in [0.25, 0.3) is 176 Å². The first kappa shape index (κ1) is 38.3. The molecule has 0 aliphatic heterocycles. The minimum atomic E-state index is 0.919. The molecule has 348 valence electrons. The first-order valence-electron chi connectivity index (χ1n) is 26.2. The van der Waals surface area contributed by atoms with E-state index in [0.29, 0.717) is 0 Å². The zero-order valence-corrected chi connectivity index (χ0v) is 40.5. The van der Waals surface area contributed by atoms with E-state index in [1.807, 2.05) is 0 Å². The van der Waals surface area contributed by atoms with Crippen LogP contribution in [0, 0.1) is 0 Å². The highest BCUT2D eigenvalue weighted by Gasteiger charge is 2.30. The second-order valence-corrected chi connectivity index (χ2v) is 21.0. The van der Waals surface area contributed by atoms with E-state index in [0.717, 1.165) is 44.7 Å². The number of nitrogens with zero attached hydrogens (tertiary/aromatic N) is 7. The van der Waals surface area contributed by atoms with E-state index in [4.69, 9.17) is 4.98 Å². The van der Waals surface area contributed by atoms with Crippen molar-refractivity contribution in [3.05, 3.63) is 224 Å². The van der Waals surface area contributed by atoms with Crippen molar-refractivity contribution in [1.82, 2.24) is 31.7 Å². The van der Waals surface area contributed by atoms with Gasteiger partial charge in [0, 0.05) is 81.3 Å². The number of aromatic nitrogens is 7. The first-order valence-corrected chi connectivity index (χ1v) is 26.2. The standard InChI is InChI=1S/C69H37N7/c1-6-28-52-39(16-1)40-17-2-7-29-53(40)71(52)38-36-51(63-60(37-38)73-59-35-14-23-45-43-20-5-10-32-56(43)75(66(45)59)69(73)70-63)44-21-13-33-57-61(44)48-25-12-27-50-62-49-26-11-22-46-47-24-15-34-58(67(47)76(64(46)49)68(62)74(57)65(48)50)72-54-30-8-3-18-41(54)42-19-4-9-31-55(42)72/h1-37H. The van der Waals surface area contributed by atoms with Gasteiger partial charge in [0.05, 0.1) is 77.4 Å².